The molecule has 0 aliphatic heterocycles. The maximum Gasteiger partial charge on any atom is 0.332 e. The molecule has 0 amide bonds. The minimum Gasteiger partial charge on any atom is -0.462 e. The van der Waals surface area contributed by atoms with Gasteiger partial charge in [-0.1, -0.05) is 18.2 Å². The molecule has 0 aliphatic rings. The molecule has 33 heavy (non-hydrogen) atoms. The van der Waals surface area contributed by atoms with Crippen LogP contribution >= 0.6 is 0 Å². The van der Waals surface area contributed by atoms with Crippen LogP contribution in [0.3, 0.4) is 0 Å². The molecule has 0 N–H and O–H groups in total. The topological polar surface area (TPSA) is 119 Å². The number of carbonyl (C=O) groups excluding carboxylic acids is 2. The van der Waals surface area contributed by atoms with Gasteiger partial charge in [-0.2, -0.15) is 4.98 Å². The monoisotopic (exact) mass is 453 g/mol. The van der Waals surface area contributed by atoms with Crippen LogP contribution in [0.2, 0.25) is 0 Å². The maximum absolute atomic E-state index is 13.4. The minimum atomic E-state index is -1.01. The highest BCUT2D eigenvalue weighted by atomic mass is 16.6. The number of carbonyl (C=O) groups is 2. The van der Waals surface area contributed by atoms with E-state index in [9.17, 15) is 19.2 Å². The zero-order valence-electron chi connectivity index (χ0n) is 18.6. The Balaban J connectivity index is 1.90. The van der Waals surface area contributed by atoms with Crippen LogP contribution in [0, 0.1) is 6.92 Å². The van der Waals surface area contributed by atoms with Gasteiger partial charge in [0.1, 0.15) is 6.61 Å². The van der Waals surface area contributed by atoms with Gasteiger partial charge in [0.05, 0.1) is 6.54 Å². The third-order valence-electron chi connectivity index (χ3n) is 5.23. The summed E-state index contributed by atoms with van der Waals surface area (Å²) in [6.45, 7) is 3.74. The maximum atomic E-state index is 13.4. The van der Waals surface area contributed by atoms with Gasteiger partial charge in [0, 0.05) is 38.5 Å². The van der Waals surface area contributed by atoms with Gasteiger partial charge in [0.25, 0.3) is 5.56 Å². The molecular weight excluding hydrogens is 430 g/mol. The van der Waals surface area contributed by atoms with Crippen LogP contribution in [0.25, 0.3) is 22.6 Å². The second-order valence-corrected chi connectivity index (χ2v) is 7.69. The fourth-order valence-electron chi connectivity index (χ4n) is 3.84. The zero-order valence-corrected chi connectivity index (χ0v) is 18.6. The van der Waals surface area contributed by atoms with E-state index in [1.54, 1.807) is 10.6 Å². The molecule has 0 saturated heterocycles. The molecule has 0 aliphatic carbocycles. The van der Waals surface area contributed by atoms with Crippen molar-refractivity contribution < 1.29 is 19.1 Å². The first kappa shape index (κ1) is 22.1. The lowest BCUT2D eigenvalue weighted by Gasteiger charge is -2.18. The number of para-hydroxylation sites is 1. The Morgan fingerprint density at radius 1 is 1.09 bits per heavy atom. The number of hydrogen-bond donors (Lipinski definition) is 0. The van der Waals surface area contributed by atoms with Crippen molar-refractivity contribution in [2.75, 3.05) is 6.61 Å². The van der Waals surface area contributed by atoms with Gasteiger partial charge in [-0.15, -0.1) is 0 Å². The van der Waals surface area contributed by atoms with E-state index in [1.165, 1.54) is 25.5 Å². The summed E-state index contributed by atoms with van der Waals surface area (Å²) in [6.07, 6.45) is 0.768. The zero-order chi connectivity index (χ0) is 23.9. The SMILES string of the molecule is CC(=O)OCC(Cn1c(=O)c2c(nc3n(-c4ccccc4)c(C)cn23)n(C)c1=O)OC(C)=O. The third kappa shape index (κ3) is 3.93. The van der Waals surface area contributed by atoms with Crippen molar-refractivity contribution in [3.8, 4) is 5.69 Å². The molecule has 0 saturated carbocycles. The number of esters is 2. The van der Waals surface area contributed by atoms with Crippen LogP contribution in [0.15, 0.2) is 46.1 Å². The summed E-state index contributed by atoms with van der Waals surface area (Å²) in [5.74, 6) is -0.714. The third-order valence-corrected chi connectivity index (χ3v) is 5.23. The van der Waals surface area contributed by atoms with Gasteiger partial charge in [0.15, 0.2) is 17.3 Å². The van der Waals surface area contributed by atoms with Crippen molar-refractivity contribution >= 4 is 28.9 Å². The highest BCUT2D eigenvalue weighted by Crippen LogP contribution is 2.20. The Morgan fingerprint density at radius 2 is 1.79 bits per heavy atom. The number of ether oxygens (including phenoxy) is 2. The van der Waals surface area contributed by atoms with Crippen molar-refractivity contribution in [1.29, 1.82) is 0 Å². The molecule has 4 aromatic rings. The number of rotatable bonds is 6. The summed E-state index contributed by atoms with van der Waals surface area (Å²) in [4.78, 5) is 53.7. The number of aromatic nitrogens is 5. The van der Waals surface area contributed by atoms with Crippen LogP contribution in [-0.2, 0) is 32.7 Å². The van der Waals surface area contributed by atoms with E-state index in [0.29, 0.717) is 5.78 Å². The molecule has 1 unspecified atom stereocenters. The van der Waals surface area contributed by atoms with Crippen LogP contribution in [0.4, 0.5) is 0 Å². The van der Waals surface area contributed by atoms with E-state index in [0.717, 1.165) is 15.9 Å². The lowest BCUT2D eigenvalue weighted by Crippen LogP contribution is -2.43. The summed E-state index contributed by atoms with van der Waals surface area (Å²) in [5.41, 5.74) is 0.922. The fraction of sp³-hybridized carbons (Fsp3) is 0.318. The Hall–Kier alpha value is -4.15. The van der Waals surface area contributed by atoms with E-state index in [2.05, 4.69) is 4.98 Å². The minimum absolute atomic E-state index is 0.207. The summed E-state index contributed by atoms with van der Waals surface area (Å²) >= 11 is 0. The second kappa shape index (κ2) is 8.41. The van der Waals surface area contributed by atoms with Gasteiger partial charge in [-0.3, -0.25) is 32.5 Å². The van der Waals surface area contributed by atoms with E-state index in [1.807, 2.05) is 41.8 Å². The first-order chi connectivity index (χ1) is 15.7. The summed E-state index contributed by atoms with van der Waals surface area (Å²) in [5, 5.41) is 0. The fourth-order valence-corrected chi connectivity index (χ4v) is 3.84. The Labute approximate surface area is 187 Å². The number of imidazole rings is 2. The van der Waals surface area contributed by atoms with Gasteiger partial charge in [-0.25, -0.2) is 4.79 Å². The molecule has 0 radical (unpaired) electrons. The van der Waals surface area contributed by atoms with Gasteiger partial charge >= 0.3 is 17.6 Å². The largest absolute Gasteiger partial charge is 0.462 e. The van der Waals surface area contributed by atoms with Gasteiger partial charge in [0.2, 0.25) is 5.78 Å². The number of aryl methyl sites for hydroxylation is 2. The Kier molecular flexibility index (Phi) is 5.62. The molecule has 0 bridgehead atoms. The van der Waals surface area contributed by atoms with Crippen molar-refractivity contribution in [2.45, 2.75) is 33.4 Å². The molecule has 11 heteroatoms. The highest BCUT2D eigenvalue weighted by Gasteiger charge is 2.23. The molecular formula is C22H23N5O6. The standard InChI is InChI=1S/C22H23N5O6/c1-13-10-25-18-19(23-21(25)27(13)16-8-6-5-7-9-16)24(4)22(31)26(20(18)30)11-17(33-15(3)29)12-32-14(2)28/h5-10,17H,11-12H2,1-4H3. The van der Waals surface area contributed by atoms with Crippen LogP contribution < -0.4 is 11.2 Å². The average Bonchev–Trinajstić information content (AvgIpc) is 3.28. The second-order valence-electron chi connectivity index (χ2n) is 7.69. The van der Waals surface area contributed by atoms with Gasteiger partial charge in [-0.05, 0) is 19.1 Å². The van der Waals surface area contributed by atoms with Gasteiger partial charge < -0.3 is 9.47 Å². The summed E-state index contributed by atoms with van der Waals surface area (Å²) in [6, 6.07) is 9.54. The molecule has 11 nitrogen and oxygen atoms in total. The molecule has 3 aromatic heterocycles. The predicted octanol–water partition coefficient (Wildman–Crippen LogP) is 0.942. The van der Waals surface area contributed by atoms with E-state index in [4.69, 9.17) is 9.47 Å². The summed E-state index contributed by atoms with van der Waals surface area (Å²) < 4.78 is 15.9. The van der Waals surface area contributed by atoms with Crippen molar-refractivity contribution in [3.63, 3.8) is 0 Å². The number of nitrogens with zero attached hydrogens (tertiary/aromatic N) is 5. The number of benzene rings is 1. The molecule has 0 spiro atoms. The Morgan fingerprint density at radius 3 is 2.42 bits per heavy atom. The van der Waals surface area contributed by atoms with Crippen molar-refractivity contribution in [2.24, 2.45) is 7.05 Å². The molecule has 3 heterocycles. The van der Waals surface area contributed by atoms with Crippen LogP contribution in [0.5, 0.6) is 0 Å². The molecule has 172 valence electrons. The van der Waals surface area contributed by atoms with Crippen LogP contribution in [-0.4, -0.2) is 47.7 Å². The summed E-state index contributed by atoms with van der Waals surface area (Å²) in [7, 11) is 1.51. The first-order valence-corrected chi connectivity index (χ1v) is 10.2. The van der Waals surface area contributed by atoms with E-state index in [-0.39, 0.29) is 24.3 Å². The highest BCUT2D eigenvalue weighted by molar-refractivity contribution is 5.76. The first-order valence-electron chi connectivity index (χ1n) is 10.2. The number of hydrogen-bond acceptors (Lipinski definition) is 7. The average molecular weight is 453 g/mol. The smallest absolute Gasteiger partial charge is 0.332 e. The van der Waals surface area contributed by atoms with E-state index >= 15 is 0 Å². The lowest BCUT2D eigenvalue weighted by molar-refractivity contribution is -0.157. The lowest BCUT2D eigenvalue weighted by atomic mass is 10.3. The molecule has 1 aromatic carbocycles. The molecule has 4 rings (SSSR count). The van der Waals surface area contributed by atoms with Crippen LogP contribution in [0.1, 0.15) is 19.5 Å². The molecule has 1 atom stereocenters. The quantitative estimate of drug-likeness (QED) is 0.399. The number of fused-ring (bicyclic) bond motifs is 3. The predicted molar refractivity (Wildman–Crippen MR) is 118 cm³/mol. The Bertz CT molecular complexity index is 1490. The van der Waals surface area contributed by atoms with E-state index < -0.39 is 29.3 Å². The van der Waals surface area contributed by atoms with Crippen molar-refractivity contribution in [3.05, 3.63) is 63.1 Å². The van der Waals surface area contributed by atoms with Crippen molar-refractivity contribution in [1.82, 2.24) is 23.1 Å². The molecule has 0 fully saturated rings. The normalized spacial score (nSPS) is 12.2.